The molecule has 3 N–H and O–H groups in total. The smallest absolute Gasteiger partial charge is 0.233 e. The molecule has 2 atom stereocenters. The lowest BCUT2D eigenvalue weighted by molar-refractivity contribution is -0.125. The first-order valence-electron chi connectivity index (χ1n) is 7.04. The van der Waals surface area contributed by atoms with Gasteiger partial charge < -0.3 is 15.8 Å². The fourth-order valence-electron chi connectivity index (χ4n) is 2.80. The summed E-state index contributed by atoms with van der Waals surface area (Å²) in [7, 11) is 1.63. The second-order valence-corrected chi connectivity index (χ2v) is 6.75. The molecule has 1 aliphatic carbocycles. The van der Waals surface area contributed by atoms with Gasteiger partial charge in [-0.3, -0.25) is 4.79 Å². The maximum atomic E-state index is 12.5. The number of aromatic nitrogens is 1. The molecule has 1 fully saturated rings. The Balaban J connectivity index is 1.83. The molecular weight excluding hydrogens is 286 g/mol. The number of thiazole rings is 1. The molecule has 1 aromatic carbocycles. The van der Waals surface area contributed by atoms with Crippen LogP contribution in [0.25, 0.3) is 10.2 Å². The van der Waals surface area contributed by atoms with Crippen molar-refractivity contribution in [1.29, 1.82) is 0 Å². The highest BCUT2D eigenvalue weighted by molar-refractivity contribution is 7.22. The van der Waals surface area contributed by atoms with E-state index < -0.39 is 5.41 Å². The van der Waals surface area contributed by atoms with E-state index in [1.165, 1.54) is 11.3 Å². The highest BCUT2D eigenvalue weighted by Crippen LogP contribution is 2.38. The number of hydrogen-bond acceptors (Lipinski definition) is 5. The van der Waals surface area contributed by atoms with Crippen LogP contribution >= 0.6 is 11.3 Å². The van der Waals surface area contributed by atoms with Gasteiger partial charge >= 0.3 is 0 Å². The van der Waals surface area contributed by atoms with Gasteiger partial charge in [-0.1, -0.05) is 17.8 Å². The summed E-state index contributed by atoms with van der Waals surface area (Å²) in [5.41, 5.74) is 6.45. The molecule has 3 rings (SSSR count). The summed E-state index contributed by atoms with van der Waals surface area (Å²) in [4.78, 5) is 16.9. The number of anilines is 1. The predicted molar refractivity (Wildman–Crippen MR) is 84.7 cm³/mol. The minimum atomic E-state index is -0.491. The Hall–Kier alpha value is -1.66. The van der Waals surface area contributed by atoms with Gasteiger partial charge in [-0.2, -0.15) is 0 Å². The van der Waals surface area contributed by atoms with Crippen molar-refractivity contribution < 1.29 is 9.53 Å². The van der Waals surface area contributed by atoms with Crippen molar-refractivity contribution in [3.05, 3.63) is 18.2 Å². The van der Waals surface area contributed by atoms with E-state index in [2.05, 4.69) is 10.3 Å². The third-order valence-corrected chi connectivity index (χ3v) is 5.30. The van der Waals surface area contributed by atoms with E-state index in [0.717, 1.165) is 35.2 Å². The number of methoxy groups -OCH3 is 1. The molecular formula is C15H19N3O2S. The van der Waals surface area contributed by atoms with Crippen molar-refractivity contribution in [3.8, 4) is 5.75 Å². The zero-order valence-corrected chi connectivity index (χ0v) is 13.0. The predicted octanol–water partition coefficient (Wildman–Crippen LogP) is 2.76. The molecule has 1 heterocycles. The van der Waals surface area contributed by atoms with Gasteiger partial charge in [0.15, 0.2) is 5.13 Å². The molecule has 0 radical (unpaired) electrons. The minimum absolute atomic E-state index is 0.0291. The zero-order chi connectivity index (χ0) is 15.0. The average Bonchev–Trinajstić information content (AvgIpc) is 3.02. The number of benzene rings is 1. The average molecular weight is 305 g/mol. The van der Waals surface area contributed by atoms with Crippen LogP contribution in [-0.4, -0.2) is 24.0 Å². The SMILES string of the molecule is COc1ccc2nc(NC(=O)C3(C)CCCC3N)sc2c1. The first-order valence-corrected chi connectivity index (χ1v) is 7.86. The van der Waals surface area contributed by atoms with Crippen molar-refractivity contribution in [1.82, 2.24) is 4.98 Å². The van der Waals surface area contributed by atoms with Crippen LogP contribution in [0.1, 0.15) is 26.2 Å². The number of rotatable bonds is 3. The minimum Gasteiger partial charge on any atom is -0.497 e. The summed E-state index contributed by atoms with van der Waals surface area (Å²) in [5, 5.41) is 3.54. The Bertz CT molecular complexity index is 685. The second-order valence-electron chi connectivity index (χ2n) is 5.72. The summed E-state index contributed by atoms with van der Waals surface area (Å²) in [6.45, 7) is 1.94. The van der Waals surface area contributed by atoms with Crippen LogP contribution in [0.4, 0.5) is 5.13 Å². The van der Waals surface area contributed by atoms with E-state index in [1.54, 1.807) is 7.11 Å². The van der Waals surface area contributed by atoms with Gasteiger partial charge in [0.25, 0.3) is 0 Å². The lowest BCUT2D eigenvalue weighted by Crippen LogP contribution is -2.44. The molecule has 1 aliphatic rings. The van der Waals surface area contributed by atoms with Crippen molar-refractivity contribution >= 4 is 32.6 Å². The normalized spacial score (nSPS) is 25.2. The molecule has 2 unspecified atom stereocenters. The molecule has 2 aromatic rings. The van der Waals surface area contributed by atoms with Crippen LogP contribution in [0, 0.1) is 5.41 Å². The third kappa shape index (κ3) is 2.49. The van der Waals surface area contributed by atoms with Crippen molar-refractivity contribution in [2.45, 2.75) is 32.2 Å². The van der Waals surface area contributed by atoms with Crippen LogP contribution in [0.3, 0.4) is 0 Å². The summed E-state index contributed by atoms with van der Waals surface area (Å²) >= 11 is 1.45. The Morgan fingerprint density at radius 3 is 3.05 bits per heavy atom. The van der Waals surface area contributed by atoms with Gasteiger partial charge in [0.1, 0.15) is 5.75 Å². The molecule has 5 nitrogen and oxygen atoms in total. The number of nitrogens with two attached hydrogens (primary N) is 1. The standard InChI is InChI=1S/C15H19N3O2S/c1-15(7-3-4-12(15)16)13(19)18-14-17-10-6-5-9(20-2)8-11(10)21-14/h5-6,8,12H,3-4,7,16H2,1-2H3,(H,17,18,19). The first-order chi connectivity index (χ1) is 10.0. The van der Waals surface area contributed by atoms with Crippen molar-refractivity contribution in [2.24, 2.45) is 11.1 Å². The highest BCUT2D eigenvalue weighted by Gasteiger charge is 2.43. The van der Waals surface area contributed by atoms with Gasteiger partial charge in [0, 0.05) is 6.04 Å². The number of carbonyl (C=O) groups is 1. The number of ether oxygens (including phenoxy) is 1. The third-order valence-electron chi connectivity index (χ3n) is 4.36. The van der Waals surface area contributed by atoms with Crippen LogP contribution in [0.2, 0.25) is 0 Å². The summed E-state index contributed by atoms with van der Waals surface area (Å²) < 4.78 is 6.19. The number of nitrogens with zero attached hydrogens (tertiary/aromatic N) is 1. The summed E-state index contributed by atoms with van der Waals surface area (Å²) in [5.74, 6) is 0.757. The number of fused-ring (bicyclic) bond motifs is 1. The largest absolute Gasteiger partial charge is 0.497 e. The van der Waals surface area contributed by atoms with E-state index in [1.807, 2.05) is 25.1 Å². The lowest BCUT2D eigenvalue weighted by Gasteiger charge is -2.26. The Morgan fingerprint density at radius 1 is 1.57 bits per heavy atom. The molecule has 0 saturated heterocycles. The van der Waals surface area contributed by atoms with Crippen LogP contribution in [0.5, 0.6) is 5.75 Å². The van der Waals surface area contributed by atoms with Gasteiger partial charge in [0.05, 0.1) is 22.7 Å². The monoisotopic (exact) mass is 305 g/mol. The number of carbonyl (C=O) groups excluding carboxylic acids is 1. The van der Waals surface area contributed by atoms with Gasteiger partial charge in [0.2, 0.25) is 5.91 Å². The Morgan fingerprint density at radius 2 is 2.38 bits per heavy atom. The van der Waals surface area contributed by atoms with Crippen molar-refractivity contribution in [3.63, 3.8) is 0 Å². The zero-order valence-electron chi connectivity index (χ0n) is 12.2. The molecule has 1 saturated carbocycles. The number of nitrogens with one attached hydrogen (secondary N) is 1. The molecule has 21 heavy (non-hydrogen) atoms. The fraction of sp³-hybridized carbons (Fsp3) is 0.467. The molecule has 0 aliphatic heterocycles. The first kappa shape index (κ1) is 14.3. The van der Waals surface area contributed by atoms with E-state index in [9.17, 15) is 4.79 Å². The number of amides is 1. The molecule has 112 valence electrons. The number of hydrogen-bond donors (Lipinski definition) is 2. The summed E-state index contributed by atoms with van der Waals surface area (Å²) in [6.07, 6.45) is 2.74. The van der Waals surface area contributed by atoms with Crippen LogP contribution in [-0.2, 0) is 4.79 Å². The molecule has 0 spiro atoms. The quantitative estimate of drug-likeness (QED) is 0.914. The van der Waals surface area contributed by atoms with E-state index in [0.29, 0.717) is 5.13 Å². The molecule has 1 amide bonds. The van der Waals surface area contributed by atoms with Crippen LogP contribution < -0.4 is 15.8 Å². The maximum absolute atomic E-state index is 12.5. The second kappa shape index (κ2) is 5.27. The summed E-state index contributed by atoms with van der Waals surface area (Å²) in [6, 6.07) is 5.60. The maximum Gasteiger partial charge on any atom is 0.233 e. The molecule has 6 heteroatoms. The molecule has 1 aromatic heterocycles. The van der Waals surface area contributed by atoms with E-state index in [-0.39, 0.29) is 11.9 Å². The van der Waals surface area contributed by atoms with Gasteiger partial charge in [-0.05, 0) is 38.0 Å². The van der Waals surface area contributed by atoms with E-state index in [4.69, 9.17) is 10.5 Å². The topological polar surface area (TPSA) is 77.2 Å². The fourth-order valence-corrected chi connectivity index (χ4v) is 3.69. The van der Waals surface area contributed by atoms with Crippen LogP contribution in [0.15, 0.2) is 18.2 Å². The van der Waals surface area contributed by atoms with Gasteiger partial charge in [-0.15, -0.1) is 0 Å². The van der Waals surface area contributed by atoms with E-state index >= 15 is 0 Å². The van der Waals surface area contributed by atoms with Gasteiger partial charge in [-0.25, -0.2) is 4.98 Å². The lowest BCUT2D eigenvalue weighted by atomic mass is 9.84. The highest BCUT2D eigenvalue weighted by atomic mass is 32.1. The van der Waals surface area contributed by atoms with Crippen molar-refractivity contribution in [2.75, 3.05) is 12.4 Å². The molecule has 0 bridgehead atoms. The Labute approximate surface area is 127 Å². The Kier molecular flexibility index (Phi) is 3.59.